The standard InChI is InChI=1S/C16H24N2O3/c1-12-3-4-14(13(2)9-12)10-17-15(19)18-11-16(20)5-7-21-8-6-16/h3-4,9,20H,5-8,10-11H2,1-2H3,(H2,17,18,19). The third-order valence-corrected chi connectivity index (χ3v) is 3.94. The second-order valence-corrected chi connectivity index (χ2v) is 5.80. The van der Waals surface area contributed by atoms with Crippen LogP contribution in [0.3, 0.4) is 0 Å². The summed E-state index contributed by atoms with van der Waals surface area (Å²) in [6, 6.07) is 5.90. The first-order chi connectivity index (χ1) is 9.98. The highest BCUT2D eigenvalue weighted by Crippen LogP contribution is 2.19. The number of hydrogen-bond donors (Lipinski definition) is 3. The molecular formula is C16H24N2O3. The van der Waals surface area contributed by atoms with Crippen molar-refractivity contribution in [2.75, 3.05) is 19.8 Å². The number of aryl methyl sites for hydroxylation is 2. The molecule has 0 spiro atoms. The maximum atomic E-state index is 11.8. The van der Waals surface area contributed by atoms with Gasteiger partial charge in [0, 0.05) is 39.1 Å². The fourth-order valence-corrected chi connectivity index (χ4v) is 2.46. The van der Waals surface area contributed by atoms with Crippen LogP contribution in [0.2, 0.25) is 0 Å². The smallest absolute Gasteiger partial charge is 0.315 e. The summed E-state index contributed by atoms with van der Waals surface area (Å²) in [5, 5.41) is 15.8. The molecule has 0 bridgehead atoms. The lowest BCUT2D eigenvalue weighted by Gasteiger charge is -2.32. The third kappa shape index (κ3) is 4.72. The highest BCUT2D eigenvalue weighted by molar-refractivity contribution is 5.73. The van der Waals surface area contributed by atoms with Gasteiger partial charge in [0.1, 0.15) is 0 Å². The van der Waals surface area contributed by atoms with Crippen molar-refractivity contribution < 1.29 is 14.6 Å². The van der Waals surface area contributed by atoms with E-state index in [-0.39, 0.29) is 12.6 Å². The molecule has 0 aliphatic carbocycles. The van der Waals surface area contributed by atoms with Gasteiger partial charge in [0.2, 0.25) is 0 Å². The average molecular weight is 292 g/mol. The van der Waals surface area contributed by atoms with E-state index in [0.29, 0.717) is 32.6 Å². The molecule has 0 saturated carbocycles. The van der Waals surface area contributed by atoms with E-state index < -0.39 is 5.60 Å². The number of hydrogen-bond acceptors (Lipinski definition) is 3. The second-order valence-electron chi connectivity index (χ2n) is 5.80. The van der Waals surface area contributed by atoms with E-state index in [0.717, 1.165) is 5.56 Å². The molecule has 1 aromatic rings. The summed E-state index contributed by atoms with van der Waals surface area (Å²) in [6.07, 6.45) is 1.12. The number of nitrogens with one attached hydrogen (secondary N) is 2. The molecule has 116 valence electrons. The summed E-state index contributed by atoms with van der Waals surface area (Å²) in [7, 11) is 0. The van der Waals surface area contributed by atoms with E-state index in [1.807, 2.05) is 26.0 Å². The lowest BCUT2D eigenvalue weighted by molar-refractivity contribution is -0.0600. The van der Waals surface area contributed by atoms with Crippen molar-refractivity contribution in [2.45, 2.75) is 38.8 Å². The number of ether oxygens (including phenoxy) is 1. The Balaban J connectivity index is 1.77. The van der Waals surface area contributed by atoms with Crippen LogP contribution < -0.4 is 10.6 Å². The Morgan fingerprint density at radius 3 is 2.67 bits per heavy atom. The van der Waals surface area contributed by atoms with Crippen LogP contribution >= 0.6 is 0 Å². The highest BCUT2D eigenvalue weighted by Gasteiger charge is 2.29. The first kappa shape index (κ1) is 15.8. The SMILES string of the molecule is Cc1ccc(CNC(=O)NCC2(O)CCOCC2)c(C)c1. The Bertz CT molecular complexity index is 496. The number of carbonyl (C=O) groups is 1. The van der Waals surface area contributed by atoms with Crippen molar-refractivity contribution in [3.05, 3.63) is 34.9 Å². The average Bonchev–Trinajstić information content (AvgIpc) is 2.45. The van der Waals surface area contributed by atoms with Crippen molar-refractivity contribution in [3.8, 4) is 0 Å². The molecule has 2 rings (SSSR count). The van der Waals surface area contributed by atoms with Crippen LogP contribution in [0.5, 0.6) is 0 Å². The van der Waals surface area contributed by atoms with Gasteiger partial charge in [-0.3, -0.25) is 0 Å². The van der Waals surface area contributed by atoms with Gasteiger partial charge in [-0.2, -0.15) is 0 Å². The van der Waals surface area contributed by atoms with E-state index >= 15 is 0 Å². The Hall–Kier alpha value is -1.59. The lowest BCUT2D eigenvalue weighted by Crippen LogP contribution is -2.48. The van der Waals surface area contributed by atoms with E-state index in [2.05, 4.69) is 16.7 Å². The molecule has 2 amide bonds. The van der Waals surface area contributed by atoms with Crippen LogP contribution in [0, 0.1) is 13.8 Å². The van der Waals surface area contributed by atoms with E-state index in [9.17, 15) is 9.90 Å². The maximum absolute atomic E-state index is 11.8. The first-order valence-electron chi connectivity index (χ1n) is 7.36. The number of benzene rings is 1. The monoisotopic (exact) mass is 292 g/mol. The van der Waals surface area contributed by atoms with Crippen LogP contribution in [0.4, 0.5) is 4.79 Å². The predicted octanol–water partition coefficient (Wildman–Crippen LogP) is 1.64. The number of aliphatic hydroxyl groups is 1. The number of urea groups is 1. The van der Waals surface area contributed by atoms with Crippen LogP contribution in [0.1, 0.15) is 29.5 Å². The molecule has 1 aromatic carbocycles. The summed E-state index contributed by atoms with van der Waals surface area (Å²) in [5.41, 5.74) is 2.64. The minimum absolute atomic E-state index is 0.255. The molecule has 1 fully saturated rings. The maximum Gasteiger partial charge on any atom is 0.315 e. The molecule has 1 heterocycles. The van der Waals surface area contributed by atoms with Crippen molar-refractivity contribution in [1.82, 2.24) is 10.6 Å². The summed E-state index contributed by atoms with van der Waals surface area (Å²) >= 11 is 0. The van der Waals surface area contributed by atoms with Crippen LogP contribution in [0.15, 0.2) is 18.2 Å². The quantitative estimate of drug-likeness (QED) is 0.790. The first-order valence-corrected chi connectivity index (χ1v) is 7.36. The number of rotatable bonds is 4. The van der Waals surface area contributed by atoms with Crippen LogP contribution in [-0.4, -0.2) is 36.5 Å². The minimum Gasteiger partial charge on any atom is -0.388 e. The molecule has 21 heavy (non-hydrogen) atoms. The summed E-state index contributed by atoms with van der Waals surface area (Å²) in [6.45, 7) is 5.91. The molecule has 0 atom stereocenters. The van der Waals surface area contributed by atoms with E-state index in [1.165, 1.54) is 11.1 Å². The molecule has 1 saturated heterocycles. The number of carbonyl (C=O) groups excluding carboxylic acids is 1. The third-order valence-electron chi connectivity index (χ3n) is 3.94. The van der Waals surface area contributed by atoms with E-state index in [1.54, 1.807) is 0 Å². The summed E-state index contributed by atoms with van der Waals surface area (Å²) < 4.78 is 5.21. The Morgan fingerprint density at radius 2 is 2.00 bits per heavy atom. The fraction of sp³-hybridized carbons (Fsp3) is 0.562. The molecular weight excluding hydrogens is 268 g/mol. The van der Waals surface area contributed by atoms with E-state index in [4.69, 9.17) is 4.74 Å². The minimum atomic E-state index is -0.838. The van der Waals surface area contributed by atoms with Gasteiger partial charge >= 0.3 is 6.03 Å². The van der Waals surface area contributed by atoms with Crippen LogP contribution in [0.25, 0.3) is 0 Å². The molecule has 3 N–H and O–H groups in total. The molecule has 5 nitrogen and oxygen atoms in total. The fourth-order valence-electron chi connectivity index (χ4n) is 2.46. The summed E-state index contributed by atoms with van der Waals surface area (Å²) in [5.74, 6) is 0. The Morgan fingerprint density at radius 1 is 1.29 bits per heavy atom. The van der Waals surface area contributed by atoms with Gasteiger partial charge in [0.05, 0.1) is 5.60 Å². The zero-order chi connectivity index (χ0) is 15.3. The van der Waals surface area contributed by atoms with Gasteiger partial charge in [0.15, 0.2) is 0 Å². The van der Waals surface area contributed by atoms with Gasteiger partial charge < -0.3 is 20.5 Å². The Kier molecular flexibility index (Phi) is 5.20. The molecule has 0 unspecified atom stereocenters. The largest absolute Gasteiger partial charge is 0.388 e. The molecule has 1 aliphatic rings. The molecule has 0 radical (unpaired) electrons. The van der Waals surface area contributed by atoms with Crippen molar-refractivity contribution >= 4 is 6.03 Å². The zero-order valence-corrected chi connectivity index (χ0v) is 12.7. The second kappa shape index (κ2) is 6.91. The highest BCUT2D eigenvalue weighted by atomic mass is 16.5. The van der Waals surface area contributed by atoms with Crippen LogP contribution in [-0.2, 0) is 11.3 Å². The van der Waals surface area contributed by atoms with Gasteiger partial charge in [-0.05, 0) is 25.0 Å². The summed E-state index contributed by atoms with van der Waals surface area (Å²) in [4.78, 5) is 11.8. The van der Waals surface area contributed by atoms with Gasteiger partial charge in [-0.1, -0.05) is 23.8 Å². The van der Waals surface area contributed by atoms with Gasteiger partial charge in [-0.15, -0.1) is 0 Å². The Labute approximate surface area is 125 Å². The van der Waals surface area contributed by atoms with Crippen molar-refractivity contribution in [2.24, 2.45) is 0 Å². The predicted molar refractivity (Wildman–Crippen MR) is 81.2 cm³/mol. The molecule has 5 heteroatoms. The van der Waals surface area contributed by atoms with Crippen molar-refractivity contribution in [3.63, 3.8) is 0 Å². The molecule has 1 aliphatic heterocycles. The normalized spacial score (nSPS) is 17.3. The zero-order valence-electron chi connectivity index (χ0n) is 12.7. The topological polar surface area (TPSA) is 70.6 Å². The lowest BCUT2D eigenvalue weighted by atomic mass is 9.94. The van der Waals surface area contributed by atoms with Gasteiger partial charge in [-0.25, -0.2) is 4.79 Å². The van der Waals surface area contributed by atoms with Gasteiger partial charge in [0.25, 0.3) is 0 Å². The number of amides is 2. The van der Waals surface area contributed by atoms with Crippen molar-refractivity contribution in [1.29, 1.82) is 0 Å². The molecule has 0 aromatic heterocycles.